The molecule has 0 spiro atoms. The Morgan fingerprint density at radius 1 is 1.40 bits per heavy atom. The molecule has 0 aromatic carbocycles. The Morgan fingerprint density at radius 3 is 2.93 bits per heavy atom. The maximum atomic E-state index is 5.58. The van der Waals surface area contributed by atoms with E-state index in [1.807, 2.05) is 6.26 Å². The Balaban J connectivity index is 1.87. The van der Waals surface area contributed by atoms with Gasteiger partial charge in [-0.05, 0) is 30.7 Å². The minimum absolute atomic E-state index is 0.372. The maximum absolute atomic E-state index is 5.58. The molecule has 1 unspecified atom stereocenters. The van der Waals surface area contributed by atoms with Crippen LogP contribution in [0.2, 0.25) is 0 Å². The molecule has 0 radical (unpaired) electrons. The van der Waals surface area contributed by atoms with Gasteiger partial charge < -0.3 is 9.73 Å². The van der Waals surface area contributed by atoms with Gasteiger partial charge in [0.25, 0.3) is 0 Å². The van der Waals surface area contributed by atoms with Crippen LogP contribution in [0.1, 0.15) is 50.5 Å². The first kappa shape index (κ1) is 9.46. The summed E-state index contributed by atoms with van der Waals surface area (Å²) in [6.45, 7) is 4.67. The van der Waals surface area contributed by atoms with Crippen LogP contribution in [0.3, 0.4) is 0 Å². The molecule has 2 aliphatic rings. The van der Waals surface area contributed by atoms with Crippen molar-refractivity contribution in [3.8, 4) is 0 Å². The first-order valence-electron chi connectivity index (χ1n) is 5.96. The van der Waals surface area contributed by atoms with Crippen LogP contribution in [0.4, 0.5) is 0 Å². The molecule has 1 aromatic heterocycles. The van der Waals surface area contributed by atoms with Gasteiger partial charge in [0.15, 0.2) is 0 Å². The minimum atomic E-state index is 0.372. The molecule has 82 valence electrons. The molecule has 2 heteroatoms. The highest BCUT2D eigenvalue weighted by molar-refractivity contribution is 5.26. The van der Waals surface area contributed by atoms with Gasteiger partial charge in [-0.15, -0.1) is 0 Å². The van der Waals surface area contributed by atoms with Crippen LogP contribution in [0.5, 0.6) is 0 Å². The molecule has 0 amide bonds. The fraction of sp³-hybridized carbons (Fsp3) is 0.692. The van der Waals surface area contributed by atoms with Crippen LogP contribution in [-0.4, -0.2) is 6.04 Å². The molecular weight excluding hydrogens is 186 g/mol. The zero-order valence-corrected chi connectivity index (χ0v) is 9.55. The average Bonchev–Trinajstić information content (AvgIpc) is 2.81. The van der Waals surface area contributed by atoms with E-state index in [2.05, 4.69) is 25.2 Å². The van der Waals surface area contributed by atoms with Crippen LogP contribution in [-0.2, 0) is 6.42 Å². The van der Waals surface area contributed by atoms with E-state index < -0.39 is 0 Å². The lowest BCUT2D eigenvalue weighted by Gasteiger charge is -2.35. The third kappa shape index (κ3) is 1.83. The number of nitrogens with one attached hydrogen (secondary N) is 1. The zero-order valence-electron chi connectivity index (χ0n) is 9.55. The van der Waals surface area contributed by atoms with Gasteiger partial charge in [-0.3, -0.25) is 0 Å². The molecule has 3 rings (SSSR count). The summed E-state index contributed by atoms with van der Waals surface area (Å²) in [5.41, 5.74) is 1.78. The van der Waals surface area contributed by atoms with E-state index in [1.54, 1.807) is 0 Å². The summed E-state index contributed by atoms with van der Waals surface area (Å²) in [6, 6.07) is 3.44. The Morgan fingerprint density at radius 2 is 2.20 bits per heavy atom. The third-order valence-electron chi connectivity index (χ3n) is 3.57. The molecule has 1 fully saturated rings. The second kappa shape index (κ2) is 3.11. The van der Waals surface area contributed by atoms with Crippen LogP contribution < -0.4 is 5.32 Å². The van der Waals surface area contributed by atoms with E-state index in [-0.39, 0.29) is 0 Å². The van der Waals surface area contributed by atoms with E-state index in [0.717, 1.165) is 12.5 Å². The lowest BCUT2D eigenvalue weighted by molar-refractivity contribution is 0.234. The van der Waals surface area contributed by atoms with Gasteiger partial charge in [0, 0.05) is 24.1 Å². The van der Waals surface area contributed by atoms with Crippen molar-refractivity contribution in [2.45, 2.75) is 51.6 Å². The standard InChI is InChI=1S/C13H19NO/c1-13(2)7-11(14-9-3-4-9)10-5-6-15-12(10)8-13/h5-6,9,11,14H,3-4,7-8H2,1-2H3. The van der Waals surface area contributed by atoms with Crippen molar-refractivity contribution in [2.24, 2.45) is 5.41 Å². The number of hydrogen-bond acceptors (Lipinski definition) is 2. The van der Waals surface area contributed by atoms with E-state index in [4.69, 9.17) is 4.42 Å². The highest BCUT2D eigenvalue weighted by Crippen LogP contribution is 2.42. The highest BCUT2D eigenvalue weighted by atomic mass is 16.3. The van der Waals surface area contributed by atoms with Crippen molar-refractivity contribution in [3.05, 3.63) is 23.7 Å². The first-order valence-corrected chi connectivity index (χ1v) is 5.96. The van der Waals surface area contributed by atoms with Crippen molar-refractivity contribution < 1.29 is 4.42 Å². The van der Waals surface area contributed by atoms with Crippen LogP contribution >= 0.6 is 0 Å². The number of hydrogen-bond donors (Lipinski definition) is 1. The summed E-state index contributed by atoms with van der Waals surface area (Å²) in [4.78, 5) is 0. The fourth-order valence-electron chi connectivity index (χ4n) is 2.66. The number of rotatable bonds is 2. The summed E-state index contributed by atoms with van der Waals surface area (Å²) < 4.78 is 5.58. The second-order valence-electron chi connectivity index (χ2n) is 5.84. The molecule has 2 aliphatic carbocycles. The predicted octanol–water partition coefficient (Wildman–Crippen LogP) is 3.05. The summed E-state index contributed by atoms with van der Waals surface area (Å²) in [7, 11) is 0. The summed E-state index contributed by atoms with van der Waals surface area (Å²) in [5.74, 6) is 1.20. The van der Waals surface area contributed by atoms with E-state index in [1.165, 1.54) is 30.6 Å². The highest BCUT2D eigenvalue weighted by Gasteiger charge is 2.36. The van der Waals surface area contributed by atoms with Gasteiger partial charge in [-0.1, -0.05) is 13.8 Å². The molecule has 0 saturated heterocycles. The molecule has 15 heavy (non-hydrogen) atoms. The maximum Gasteiger partial charge on any atom is 0.109 e. The summed E-state index contributed by atoms with van der Waals surface area (Å²) in [5, 5.41) is 3.73. The van der Waals surface area contributed by atoms with Crippen LogP contribution in [0.25, 0.3) is 0 Å². The lowest BCUT2D eigenvalue weighted by atomic mass is 9.75. The Kier molecular flexibility index (Phi) is 1.96. The average molecular weight is 205 g/mol. The number of fused-ring (bicyclic) bond motifs is 1. The van der Waals surface area contributed by atoms with Crippen LogP contribution in [0.15, 0.2) is 16.7 Å². The Bertz CT molecular complexity index is 362. The molecule has 1 saturated carbocycles. The van der Waals surface area contributed by atoms with Crippen LogP contribution in [0, 0.1) is 5.41 Å². The molecule has 1 aromatic rings. The minimum Gasteiger partial charge on any atom is -0.469 e. The summed E-state index contributed by atoms with van der Waals surface area (Å²) >= 11 is 0. The van der Waals surface area contributed by atoms with Crippen molar-refractivity contribution >= 4 is 0 Å². The van der Waals surface area contributed by atoms with E-state index in [0.29, 0.717) is 11.5 Å². The largest absolute Gasteiger partial charge is 0.469 e. The quantitative estimate of drug-likeness (QED) is 0.802. The Labute approximate surface area is 91.0 Å². The molecule has 1 N–H and O–H groups in total. The summed E-state index contributed by atoms with van der Waals surface area (Å²) in [6.07, 6.45) is 6.86. The van der Waals surface area contributed by atoms with Gasteiger partial charge in [0.05, 0.1) is 6.26 Å². The van der Waals surface area contributed by atoms with Gasteiger partial charge in [0.1, 0.15) is 5.76 Å². The van der Waals surface area contributed by atoms with Gasteiger partial charge >= 0.3 is 0 Å². The molecule has 0 aliphatic heterocycles. The lowest BCUT2D eigenvalue weighted by Crippen LogP contribution is -2.33. The normalized spacial score (nSPS) is 28.8. The van der Waals surface area contributed by atoms with Gasteiger partial charge in [-0.25, -0.2) is 0 Å². The molecular formula is C13H19NO. The predicted molar refractivity (Wildman–Crippen MR) is 59.7 cm³/mol. The van der Waals surface area contributed by atoms with Crippen molar-refractivity contribution in [1.82, 2.24) is 5.32 Å². The van der Waals surface area contributed by atoms with Crippen molar-refractivity contribution in [3.63, 3.8) is 0 Å². The molecule has 0 bridgehead atoms. The molecule has 2 nitrogen and oxygen atoms in total. The third-order valence-corrected chi connectivity index (χ3v) is 3.57. The van der Waals surface area contributed by atoms with Gasteiger partial charge in [0.2, 0.25) is 0 Å². The topological polar surface area (TPSA) is 25.2 Å². The van der Waals surface area contributed by atoms with Gasteiger partial charge in [-0.2, -0.15) is 0 Å². The smallest absolute Gasteiger partial charge is 0.109 e. The van der Waals surface area contributed by atoms with E-state index >= 15 is 0 Å². The SMILES string of the molecule is CC1(C)Cc2occc2C(NC2CC2)C1. The zero-order chi connectivity index (χ0) is 10.5. The van der Waals surface area contributed by atoms with Crippen molar-refractivity contribution in [1.29, 1.82) is 0 Å². The number of furan rings is 1. The first-order chi connectivity index (χ1) is 7.14. The Hall–Kier alpha value is -0.760. The van der Waals surface area contributed by atoms with E-state index in [9.17, 15) is 0 Å². The monoisotopic (exact) mass is 205 g/mol. The fourth-order valence-corrected chi connectivity index (χ4v) is 2.66. The van der Waals surface area contributed by atoms with Crippen molar-refractivity contribution in [2.75, 3.05) is 0 Å². The molecule has 1 atom stereocenters. The second-order valence-corrected chi connectivity index (χ2v) is 5.84. The molecule has 1 heterocycles.